The lowest BCUT2D eigenvalue weighted by Gasteiger charge is -2.11. The molecule has 0 bridgehead atoms. The molecule has 1 rings (SSSR count). The van der Waals surface area contributed by atoms with Crippen molar-refractivity contribution >= 4 is 16.4 Å². The molecule has 0 fully saturated rings. The number of aldehydes is 1. The van der Waals surface area contributed by atoms with Crippen molar-refractivity contribution < 1.29 is 35.3 Å². The van der Waals surface area contributed by atoms with Crippen molar-refractivity contribution in [2.75, 3.05) is 6.61 Å². The second-order valence-corrected chi connectivity index (χ2v) is 4.94. The third-order valence-corrected chi connectivity index (χ3v) is 2.94. The molecule has 0 aromatic heterocycles. The average molecular weight is 310 g/mol. The van der Waals surface area contributed by atoms with Gasteiger partial charge in [-0.1, -0.05) is 12.7 Å². The van der Waals surface area contributed by atoms with Crippen LogP contribution in [0.4, 0.5) is 13.2 Å². The Morgan fingerprint density at radius 3 is 2.45 bits per heavy atom. The van der Waals surface area contributed by atoms with Gasteiger partial charge in [-0.2, -0.15) is 21.6 Å². The second-order valence-electron chi connectivity index (χ2n) is 3.40. The Balaban J connectivity index is 3.09. The molecule has 0 amide bonds. The molecule has 0 radical (unpaired) electrons. The number of alkyl halides is 3. The van der Waals surface area contributed by atoms with Crippen LogP contribution in [-0.2, 0) is 10.1 Å². The average Bonchev–Trinajstić information content (AvgIpc) is 2.34. The second kappa shape index (κ2) is 5.95. The lowest BCUT2D eigenvalue weighted by Crippen LogP contribution is -2.28. The molecule has 1 aromatic rings. The molecule has 0 aliphatic rings. The molecular formula is C11H9F3O5S. The van der Waals surface area contributed by atoms with Crippen molar-refractivity contribution in [3.63, 3.8) is 0 Å². The van der Waals surface area contributed by atoms with Gasteiger partial charge >= 0.3 is 15.6 Å². The third-order valence-electron chi connectivity index (χ3n) is 1.96. The quantitative estimate of drug-likeness (QED) is 0.349. The van der Waals surface area contributed by atoms with Crippen molar-refractivity contribution in [1.29, 1.82) is 0 Å². The van der Waals surface area contributed by atoms with Crippen molar-refractivity contribution in [1.82, 2.24) is 0 Å². The van der Waals surface area contributed by atoms with Gasteiger partial charge in [0.05, 0.1) is 5.56 Å². The van der Waals surface area contributed by atoms with Crippen LogP contribution < -0.4 is 8.92 Å². The van der Waals surface area contributed by atoms with E-state index in [2.05, 4.69) is 10.8 Å². The van der Waals surface area contributed by atoms with Crippen LogP contribution in [0.1, 0.15) is 10.4 Å². The Bertz CT molecular complexity index is 607. The molecule has 0 spiro atoms. The topological polar surface area (TPSA) is 69.7 Å². The van der Waals surface area contributed by atoms with Gasteiger partial charge in [0.15, 0.2) is 6.29 Å². The molecule has 5 nitrogen and oxygen atoms in total. The maximum absolute atomic E-state index is 12.2. The smallest absolute Gasteiger partial charge is 0.489 e. The Labute approximate surface area is 112 Å². The highest BCUT2D eigenvalue weighted by Gasteiger charge is 2.48. The first kappa shape index (κ1) is 16.0. The van der Waals surface area contributed by atoms with Crippen LogP contribution in [-0.4, -0.2) is 26.8 Å². The molecule has 110 valence electrons. The maximum atomic E-state index is 12.2. The van der Waals surface area contributed by atoms with E-state index in [4.69, 9.17) is 4.74 Å². The molecule has 0 saturated carbocycles. The standard InChI is InChI=1S/C11H9F3O5S/c1-2-5-18-10-6-9(4-3-8(10)7-15)19-20(16,17)11(12,13)14/h2-4,6-7H,1,5H2. The van der Waals surface area contributed by atoms with Crippen molar-refractivity contribution in [2.45, 2.75) is 5.51 Å². The summed E-state index contributed by atoms with van der Waals surface area (Å²) in [5.41, 5.74) is -5.51. The zero-order chi connectivity index (χ0) is 15.4. The van der Waals surface area contributed by atoms with Gasteiger partial charge < -0.3 is 8.92 Å². The molecule has 0 atom stereocenters. The summed E-state index contributed by atoms with van der Waals surface area (Å²) in [6, 6.07) is 2.86. The zero-order valence-corrected chi connectivity index (χ0v) is 10.7. The number of halogens is 3. The molecule has 20 heavy (non-hydrogen) atoms. The van der Waals surface area contributed by atoms with E-state index in [9.17, 15) is 26.4 Å². The first-order chi connectivity index (χ1) is 9.21. The largest absolute Gasteiger partial charge is 0.534 e. The molecule has 0 unspecified atom stereocenters. The predicted molar refractivity (Wildman–Crippen MR) is 63.1 cm³/mol. The van der Waals surface area contributed by atoms with Crippen LogP contribution in [0, 0.1) is 0 Å². The number of ether oxygens (including phenoxy) is 1. The van der Waals surface area contributed by atoms with E-state index in [1.807, 2.05) is 0 Å². The molecule has 9 heteroatoms. The van der Waals surface area contributed by atoms with E-state index in [0.717, 1.165) is 18.2 Å². The Morgan fingerprint density at radius 1 is 1.30 bits per heavy atom. The Hall–Kier alpha value is -2.03. The number of rotatable bonds is 6. The van der Waals surface area contributed by atoms with Gasteiger partial charge in [0.2, 0.25) is 0 Å². The number of carbonyl (C=O) groups excluding carboxylic acids is 1. The van der Waals surface area contributed by atoms with Gasteiger partial charge in [0, 0.05) is 6.07 Å². The number of benzene rings is 1. The molecule has 0 aliphatic carbocycles. The van der Waals surface area contributed by atoms with Crippen molar-refractivity contribution in [3.8, 4) is 11.5 Å². The zero-order valence-electron chi connectivity index (χ0n) is 9.88. The Morgan fingerprint density at radius 2 is 1.95 bits per heavy atom. The van der Waals surface area contributed by atoms with E-state index in [0.29, 0.717) is 6.29 Å². The van der Waals surface area contributed by atoms with E-state index in [1.165, 1.54) is 6.08 Å². The number of hydrogen-bond acceptors (Lipinski definition) is 5. The summed E-state index contributed by atoms with van der Waals surface area (Å²) in [6.07, 6.45) is 1.75. The highest BCUT2D eigenvalue weighted by molar-refractivity contribution is 7.88. The van der Waals surface area contributed by atoms with E-state index in [-0.39, 0.29) is 17.9 Å². The fourth-order valence-corrected chi connectivity index (χ4v) is 1.56. The van der Waals surface area contributed by atoms with Crippen LogP contribution in [0.25, 0.3) is 0 Å². The van der Waals surface area contributed by atoms with Crippen LogP contribution >= 0.6 is 0 Å². The van der Waals surface area contributed by atoms with Crippen molar-refractivity contribution in [3.05, 3.63) is 36.4 Å². The fourth-order valence-electron chi connectivity index (χ4n) is 1.11. The van der Waals surface area contributed by atoms with E-state index in [1.54, 1.807) is 0 Å². The lowest BCUT2D eigenvalue weighted by atomic mass is 10.2. The minimum absolute atomic E-state index is 0.0175. The molecule has 0 N–H and O–H groups in total. The SMILES string of the molecule is C=CCOc1cc(OS(=O)(=O)C(F)(F)F)ccc1C=O. The summed E-state index contributed by atoms with van der Waals surface area (Å²) in [5.74, 6) is -0.734. The van der Waals surface area contributed by atoms with Gasteiger partial charge in [-0.3, -0.25) is 4.79 Å². The molecular weight excluding hydrogens is 301 g/mol. The molecule has 1 aromatic carbocycles. The van der Waals surface area contributed by atoms with Crippen molar-refractivity contribution in [2.24, 2.45) is 0 Å². The molecule has 0 aliphatic heterocycles. The highest BCUT2D eigenvalue weighted by atomic mass is 32.2. The van der Waals surface area contributed by atoms with E-state index < -0.39 is 21.4 Å². The van der Waals surface area contributed by atoms with Gasteiger partial charge in [0.1, 0.15) is 18.1 Å². The van der Waals surface area contributed by atoms with Gasteiger partial charge in [-0.15, -0.1) is 0 Å². The summed E-state index contributed by atoms with van der Waals surface area (Å²) < 4.78 is 67.0. The number of carbonyl (C=O) groups is 1. The monoisotopic (exact) mass is 310 g/mol. The van der Waals surface area contributed by atoms with Crippen LogP contribution in [0.3, 0.4) is 0 Å². The van der Waals surface area contributed by atoms with Gasteiger partial charge in [-0.25, -0.2) is 0 Å². The minimum Gasteiger partial charge on any atom is -0.489 e. The summed E-state index contributed by atoms with van der Waals surface area (Å²) in [6.45, 7) is 3.34. The maximum Gasteiger partial charge on any atom is 0.534 e. The predicted octanol–water partition coefficient (Wildman–Crippen LogP) is 2.29. The summed E-state index contributed by atoms with van der Waals surface area (Å²) >= 11 is 0. The van der Waals surface area contributed by atoms with Crippen LogP contribution in [0.5, 0.6) is 11.5 Å². The van der Waals surface area contributed by atoms with E-state index >= 15 is 0 Å². The van der Waals surface area contributed by atoms with Gasteiger partial charge in [0.25, 0.3) is 0 Å². The summed E-state index contributed by atoms with van der Waals surface area (Å²) in [4.78, 5) is 10.7. The highest BCUT2D eigenvalue weighted by Crippen LogP contribution is 2.30. The first-order valence-corrected chi connectivity index (χ1v) is 6.46. The third kappa shape index (κ3) is 3.73. The number of hydrogen-bond donors (Lipinski definition) is 0. The van der Waals surface area contributed by atoms with Crippen LogP contribution in [0.15, 0.2) is 30.9 Å². The van der Waals surface area contributed by atoms with Gasteiger partial charge in [-0.05, 0) is 12.1 Å². The summed E-state index contributed by atoms with van der Waals surface area (Å²) in [7, 11) is -5.77. The lowest BCUT2D eigenvalue weighted by molar-refractivity contribution is -0.0500. The Kier molecular flexibility index (Phi) is 4.77. The normalized spacial score (nSPS) is 11.8. The van der Waals surface area contributed by atoms with Crippen LogP contribution in [0.2, 0.25) is 0 Å². The molecule has 0 heterocycles. The summed E-state index contributed by atoms with van der Waals surface area (Å²) in [5, 5.41) is 0. The first-order valence-electron chi connectivity index (χ1n) is 5.05. The minimum atomic E-state index is -5.77. The molecule has 0 saturated heterocycles. The fraction of sp³-hybridized carbons (Fsp3) is 0.182.